The Kier molecular flexibility index (Phi) is 5.39. The van der Waals surface area contributed by atoms with Gasteiger partial charge in [0.05, 0.1) is 10.6 Å². The Morgan fingerprint density at radius 1 is 1.25 bits per heavy atom. The Hall–Kier alpha value is -2.91. The Morgan fingerprint density at radius 3 is 2.68 bits per heavy atom. The fourth-order valence-corrected chi connectivity index (χ4v) is 3.57. The Morgan fingerprint density at radius 2 is 1.96 bits per heavy atom. The summed E-state index contributed by atoms with van der Waals surface area (Å²) in [5.41, 5.74) is 2.44. The molecule has 8 nitrogen and oxygen atoms in total. The third-order valence-electron chi connectivity index (χ3n) is 4.61. The maximum absolute atomic E-state index is 12.4. The summed E-state index contributed by atoms with van der Waals surface area (Å²) in [6.45, 7) is 3.62. The lowest BCUT2D eigenvalue weighted by molar-refractivity contribution is -0.121. The third-order valence-corrected chi connectivity index (χ3v) is 5.51. The zero-order valence-corrected chi connectivity index (χ0v) is 16.4. The number of carbonyl (C=O) groups is 2. The van der Waals surface area contributed by atoms with Crippen molar-refractivity contribution in [1.82, 2.24) is 0 Å². The summed E-state index contributed by atoms with van der Waals surface area (Å²) in [6.07, 6.45) is 0.0398. The number of aryl methyl sites for hydroxylation is 1. The summed E-state index contributed by atoms with van der Waals surface area (Å²) in [5.74, 6) is 0.0235. The topological polar surface area (TPSA) is 119 Å². The molecule has 0 aromatic heterocycles. The number of rotatable bonds is 5. The number of hydrogen-bond acceptors (Lipinski definition) is 5. The molecule has 0 atom stereocenters. The number of hydrogen-bond donors (Lipinski definition) is 2. The number of para-hydroxylation sites is 2. The lowest BCUT2D eigenvalue weighted by atomic mass is 10.1. The van der Waals surface area contributed by atoms with Gasteiger partial charge in [-0.05, 0) is 49.2 Å². The standard InChI is InChI=1S/C19H21N3O5S/c1-12-9-14(28(20,25)26)10-15(13(12)2)21-18(23)7-8-22-16-5-3-4-6-17(16)27-11-19(22)24/h3-6,9-10H,7-8,11H2,1-2H3,(H,21,23)(H2,20,25,26). The second-order valence-electron chi connectivity index (χ2n) is 6.56. The van der Waals surface area contributed by atoms with E-state index in [4.69, 9.17) is 9.88 Å². The van der Waals surface area contributed by atoms with Crippen molar-refractivity contribution in [1.29, 1.82) is 0 Å². The molecule has 0 aliphatic carbocycles. The molecule has 2 aromatic carbocycles. The zero-order chi connectivity index (χ0) is 20.5. The van der Waals surface area contributed by atoms with Gasteiger partial charge in [-0.2, -0.15) is 0 Å². The molecule has 0 radical (unpaired) electrons. The highest BCUT2D eigenvalue weighted by molar-refractivity contribution is 7.89. The van der Waals surface area contributed by atoms with Crippen LogP contribution in [0.5, 0.6) is 5.75 Å². The minimum Gasteiger partial charge on any atom is -0.482 e. The van der Waals surface area contributed by atoms with Gasteiger partial charge < -0.3 is 15.0 Å². The van der Waals surface area contributed by atoms with Crippen LogP contribution < -0.4 is 20.1 Å². The van der Waals surface area contributed by atoms with E-state index >= 15 is 0 Å². The first-order valence-corrected chi connectivity index (χ1v) is 10.2. The van der Waals surface area contributed by atoms with Gasteiger partial charge in [0.1, 0.15) is 5.75 Å². The second-order valence-corrected chi connectivity index (χ2v) is 8.12. The molecule has 1 aliphatic heterocycles. The van der Waals surface area contributed by atoms with E-state index in [-0.39, 0.29) is 36.3 Å². The number of primary sulfonamides is 1. The van der Waals surface area contributed by atoms with Crippen LogP contribution in [0.4, 0.5) is 11.4 Å². The monoisotopic (exact) mass is 403 g/mol. The molecule has 0 bridgehead atoms. The minimum absolute atomic E-state index is 0.0398. The number of carbonyl (C=O) groups excluding carboxylic acids is 2. The predicted molar refractivity (Wildman–Crippen MR) is 105 cm³/mol. The molecular weight excluding hydrogens is 382 g/mol. The van der Waals surface area contributed by atoms with Gasteiger partial charge in [0.2, 0.25) is 15.9 Å². The number of fused-ring (bicyclic) bond motifs is 1. The molecule has 3 rings (SSSR count). The quantitative estimate of drug-likeness (QED) is 0.788. The molecule has 2 aromatic rings. The van der Waals surface area contributed by atoms with Crippen molar-refractivity contribution in [3.05, 3.63) is 47.5 Å². The van der Waals surface area contributed by atoms with E-state index in [1.807, 2.05) is 6.07 Å². The molecule has 0 spiro atoms. The van der Waals surface area contributed by atoms with E-state index in [1.165, 1.54) is 17.0 Å². The summed E-state index contributed by atoms with van der Waals surface area (Å²) in [7, 11) is -3.89. The molecule has 1 heterocycles. The maximum atomic E-state index is 12.4. The SMILES string of the molecule is Cc1cc(S(N)(=O)=O)cc(NC(=O)CCN2C(=O)COc3ccccc32)c1C. The Bertz CT molecular complexity index is 1050. The molecule has 3 N–H and O–H groups in total. The van der Waals surface area contributed by atoms with Crippen molar-refractivity contribution in [3.63, 3.8) is 0 Å². The number of sulfonamides is 1. The van der Waals surface area contributed by atoms with Gasteiger partial charge in [-0.15, -0.1) is 0 Å². The number of nitrogens with two attached hydrogens (primary N) is 1. The second kappa shape index (κ2) is 7.61. The molecular formula is C19H21N3O5S. The van der Waals surface area contributed by atoms with Crippen LogP contribution >= 0.6 is 0 Å². The molecule has 0 saturated heterocycles. The normalized spacial score (nSPS) is 13.7. The van der Waals surface area contributed by atoms with Gasteiger partial charge in [0.25, 0.3) is 5.91 Å². The zero-order valence-electron chi connectivity index (χ0n) is 15.6. The molecule has 0 unspecified atom stereocenters. The van der Waals surface area contributed by atoms with E-state index in [9.17, 15) is 18.0 Å². The molecule has 2 amide bonds. The fourth-order valence-electron chi connectivity index (χ4n) is 2.95. The van der Waals surface area contributed by atoms with Gasteiger partial charge in [-0.25, -0.2) is 13.6 Å². The van der Waals surface area contributed by atoms with E-state index in [2.05, 4.69) is 5.32 Å². The highest BCUT2D eigenvalue weighted by Crippen LogP contribution is 2.31. The number of nitrogens with one attached hydrogen (secondary N) is 1. The van der Waals surface area contributed by atoms with E-state index in [0.29, 0.717) is 22.7 Å². The van der Waals surface area contributed by atoms with E-state index in [1.54, 1.807) is 32.0 Å². The summed E-state index contributed by atoms with van der Waals surface area (Å²) >= 11 is 0. The van der Waals surface area contributed by atoms with Crippen LogP contribution in [-0.4, -0.2) is 33.4 Å². The van der Waals surface area contributed by atoms with Crippen LogP contribution in [0.15, 0.2) is 41.3 Å². The molecule has 0 fully saturated rings. The molecule has 9 heteroatoms. The number of ether oxygens (including phenoxy) is 1. The average molecular weight is 403 g/mol. The molecule has 1 aliphatic rings. The number of nitrogens with zero attached hydrogens (tertiary/aromatic N) is 1. The molecule has 28 heavy (non-hydrogen) atoms. The van der Waals surface area contributed by atoms with Crippen molar-refractivity contribution in [2.75, 3.05) is 23.4 Å². The highest BCUT2D eigenvalue weighted by atomic mass is 32.2. The van der Waals surface area contributed by atoms with Crippen molar-refractivity contribution >= 4 is 33.2 Å². The average Bonchev–Trinajstić information content (AvgIpc) is 2.63. The smallest absolute Gasteiger partial charge is 0.265 e. The van der Waals surface area contributed by atoms with Crippen molar-refractivity contribution in [2.24, 2.45) is 5.14 Å². The summed E-state index contributed by atoms with van der Waals surface area (Å²) in [6, 6.07) is 9.92. The fraction of sp³-hybridized carbons (Fsp3) is 0.263. The van der Waals surface area contributed by atoms with Crippen LogP contribution in [-0.2, 0) is 19.6 Å². The van der Waals surface area contributed by atoms with E-state index in [0.717, 1.165) is 5.56 Å². The van der Waals surface area contributed by atoms with Gasteiger partial charge in [-0.3, -0.25) is 9.59 Å². The largest absolute Gasteiger partial charge is 0.482 e. The predicted octanol–water partition coefficient (Wildman–Crippen LogP) is 1.71. The highest BCUT2D eigenvalue weighted by Gasteiger charge is 2.25. The molecule has 0 saturated carbocycles. The van der Waals surface area contributed by atoms with Crippen LogP contribution in [0.25, 0.3) is 0 Å². The minimum atomic E-state index is -3.89. The van der Waals surface area contributed by atoms with Crippen LogP contribution in [0, 0.1) is 13.8 Å². The summed E-state index contributed by atoms with van der Waals surface area (Å²) < 4.78 is 28.6. The lowest BCUT2D eigenvalue weighted by Gasteiger charge is -2.29. The van der Waals surface area contributed by atoms with E-state index < -0.39 is 10.0 Å². The number of anilines is 2. The van der Waals surface area contributed by atoms with Crippen LogP contribution in [0.3, 0.4) is 0 Å². The first-order valence-electron chi connectivity index (χ1n) is 8.63. The number of benzene rings is 2. The van der Waals surface area contributed by atoms with Crippen LogP contribution in [0.1, 0.15) is 17.5 Å². The first kappa shape index (κ1) is 19.8. The first-order chi connectivity index (χ1) is 13.2. The van der Waals surface area contributed by atoms with Gasteiger partial charge >= 0.3 is 0 Å². The number of amides is 2. The van der Waals surface area contributed by atoms with Gasteiger partial charge in [0, 0.05) is 18.7 Å². The van der Waals surface area contributed by atoms with Crippen molar-refractivity contribution in [2.45, 2.75) is 25.2 Å². The van der Waals surface area contributed by atoms with Crippen LogP contribution in [0.2, 0.25) is 0 Å². The van der Waals surface area contributed by atoms with Crippen molar-refractivity contribution in [3.8, 4) is 5.75 Å². The molecule has 148 valence electrons. The van der Waals surface area contributed by atoms with Gasteiger partial charge in [0.15, 0.2) is 6.61 Å². The summed E-state index contributed by atoms with van der Waals surface area (Å²) in [5, 5.41) is 7.91. The summed E-state index contributed by atoms with van der Waals surface area (Å²) in [4.78, 5) is 26.1. The lowest BCUT2D eigenvalue weighted by Crippen LogP contribution is -2.40. The Balaban J connectivity index is 1.74. The maximum Gasteiger partial charge on any atom is 0.265 e. The van der Waals surface area contributed by atoms with Crippen molar-refractivity contribution < 1.29 is 22.7 Å². The van der Waals surface area contributed by atoms with Gasteiger partial charge in [-0.1, -0.05) is 12.1 Å². The third kappa shape index (κ3) is 4.15. The Labute approximate surface area is 163 Å².